The Morgan fingerprint density at radius 1 is 0.811 bits per heavy atom. The molecule has 0 saturated carbocycles. The fraction of sp³-hybridized carbons (Fsp3) is 0.0968. The first-order valence-corrected chi connectivity index (χ1v) is 11.8. The van der Waals surface area contributed by atoms with E-state index in [2.05, 4.69) is 0 Å². The van der Waals surface area contributed by atoms with Crippen molar-refractivity contribution in [1.29, 1.82) is 0 Å². The van der Waals surface area contributed by atoms with Crippen LogP contribution in [0.15, 0.2) is 109 Å². The predicted octanol–water partition coefficient (Wildman–Crippen LogP) is 6.51. The lowest BCUT2D eigenvalue weighted by atomic mass is 9.67. The Hall–Kier alpha value is -4.84. The lowest BCUT2D eigenvalue weighted by molar-refractivity contribution is -0.384. The molecule has 0 bridgehead atoms. The molecule has 4 aromatic rings. The third kappa shape index (κ3) is 4.57. The Kier molecular flexibility index (Phi) is 6.47. The Bertz CT molecular complexity index is 1520. The van der Waals surface area contributed by atoms with Crippen LogP contribution in [-0.2, 0) is 0 Å². The third-order valence-electron chi connectivity index (χ3n) is 6.71. The molecule has 0 aliphatic heterocycles. The Morgan fingerprint density at radius 3 is 2.22 bits per heavy atom. The summed E-state index contributed by atoms with van der Waals surface area (Å²) in [6.45, 7) is 0. The SMILES string of the molecule is COc1ccc(C(=O)[C@H]2C(C(=O)c3ccccc3)=Cc3ccccc3[C@@H]2c2cccc([N+](=O)[O-])c2)cc1. The molecule has 182 valence electrons. The molecular weight excluding hydrogens is 466 g/mol. The zero-order valence-electron chi connectivity index (χ0n) is 20.0. The van der Waals surface area contributed by atoms with Crippen molar-refractivity contribution in [1.82, 2.24) is 0 Å². The van der Waals surface area contributed by atoms with Crippen molar-refractivity contribution < 1.29 is 19.2 Å². The molecule has 37 heavy (non-hydrogen) atoms. The van der Waals surface area contributed by atoms with Crippen molar-refractivity contribution in [3.8, 4) is 5.75 Å². The average molecular weight is 490 g/mol. The van der Waals surface area contributed by atoms with Crippen molar-refractivity contribution in [2.24, 2.45) is 5.92 Å². The minimum atomic E-state index is -0.891. The number of hydrogen-bond donors (Lipinski definition) is 0. The van der Waals surface area contributed by atoms with Crippen molar-refractivity contribution in [3.63, 3.8) is 0 Å². The van der Waals surface area contributed by atoms with Gasteiger partial charge < -0.3 is 4.74 Å². The maximum atomic E-state index is 14.2. The standard InChI is InChI=1S/C31H23NO5/c1-37-25-16-14-21(15-17-25)31(34)29-27(30(33)20-8-3-2-4-9-20)19-22-10-5-6-13-26(22)28(29)23-11-7-12-24(18-23)32(35)36/h2-19,28-29H,1H3/t28-,29-/m0/s1. The number of hydrogen-bond acceptors (Lipinski definition) is 5. The van der Waals surface area contributed by atoms with Gasteiger partial charge in [0.15, 0.2) is 11.6 Å². The van der Waals surface area contributed by atoms with Crippen LogP contribution in [0, 0.1) is 16.0 Å². The van der Waals surface area contributed by atoms with E-state index in [0.717, 1.165) is 11.1 Å². The molecule has 0 aromatic heterocycles. The molecule has 5 rings (SSSR count). The summed E-state index contributed by atoms with van der Waals surface area (Å²) in [6, 6.07) is 29.4. The number of carbonyl (C=O) groups is 2. The number of fused-ring (bicyclic) bond motifs is 1. The summed E-state index contributed by atoms with van der Waals surface area (Å²) in [6.07, 6.45) is 1.78. The molecule has 0 spiro atoms. The van der Waals surface area contributed by atoms with Gasteiger partial charge in [0.1, 0.15) is 5.75 Å². The van der Waals surface area contributed by atoms with Crippen LogP contribution >= 0.6 is 0 Å². The van der Waals surface area contributed by atoms with E-state index in [1.165, 1.54) is 12.1 Å². The van der Waals surface area contributed by atoms with Gasteiger partial charge in [-0.2, -0.15) is 0 Å². The first-order valence-electron chi connectivity index (χ1n) is 11.8. The second kappa shape index (κ2) is 10.0. The highest BCUT2D eigenvalue weighted by molar-refractivity contribution is 6.17. The van der Waals surface area contributed by atoms with Gasteiger partial charge in [0.25, 0.3) is 5.69 Å². The van der Waals surface area contributed by atoms with Crippen molar-refractivity contribution in [2.45, 2.75) is 5.92 Å². The van der Waals surface area contributed by atoms with Crippen LogP contribution in [0.5, 0.6) is 5.75 Å². The van der Waals surface area contributed by atoms with Gasteiger partial charge in [0, 0.05) is 34.8 Å². The molecule has 0 radical (unpaired) electrons. The Balaban J connectivity index is 1.73. The molecule has 4 aromatic carbocycles. The second-order valence-electron chi connectivity index (χ2n) is 8.82. The molecule has 6 heteroatoms. The lowest BCUT2D eigenvalue weighted by Crippen LogP contribution is -2.31. The van der Waals surface area contributed by atoms with E-state index < -0.39 is 16.8 Å². The largest absolute Gasteiger partial charge is 0.497 e. The van der Waals surface area contributed by atoms with E-state index in [1.54, 1.807) is 73.8 Å². The number of ether oxygens (including phenoxy) is 1. The second-order valence-corrected chi connectivity index (χ2v) is 8.82. The number of methoxy groups -OCH3 is 1. The number of non-ortho nitro benzene ring substituents is 1. The van der Waals surface area contributed by atoms with Gasteiger partial charge in [-0.3, -0.25) is 19.7 Å². The summed E-state index contributed by atoms with van der Waals surface area (Å²) >= 11 is 0. The van der Waals surface area contributed by atoms with Crippen LogP contribution in [0.3, 0.4) is 0 Å². The van der Waals surface area contributed by atoms with E-state index in [9.17, 15) is 19.7 Å². The molecular formula is C31H23NO5. The summed E-state index contributed by atoms with van der Waals surface area (Å²) in [5.74, 6) is -1.38. The van der Waals surface area contributed by atoms with E-state index in [-0.39, 0.29) is 17.3 Å². The molecule has 0 heterocycles. The fourth-order valence-corrected chi connectivity index (χ4v) is 4.94. The highest BCUT2D eigenvalue weighted by Crippen LogP contribution is 2.45. The number of benzene rings is 4. The lowest BCUT2D eigenvalue weighted by Gasteiger charge is -2.33. The van der Waals surface area contributed by atoms with Gasteiger partial charge in [0.05, 0.1) is 18.0 Å². The Labute approximate surface area is 214 Å². The number of nitrogens with zero attached hydrogens (tertiary/aromatic N) is 1. The first kappa shape index (κ1) is 23.9. The number of carbonyl (C=O) groups excluding carboxylic acids is 2. The molecule has 2 atom stereocenters. The fourth-order valence-electron chi connectivity index (χ4n) is 4.94. The number of rotatable bonds is 7. The van der Waals surface area contributed by atoms with Gasteiger partial charge in [-0.25, -0.2) is 0 Å². The summed E-state index contributed by atoms with van der Waals surface area (Å²) in [7, 11) is 1.55. The van der Waals surface area contributed by atoms with E-state index in [4.69, 9.17) is 4.74 Å². The monoisotopic (exact) mass is 489 g/mol. The normalized spacial score (nSPS) is 16.3. The van der Waals surface area contributed by atoms with Gasteiger partial charge in [0.2, 0.25) is 0 Å². The smallest absolute Gasteiger partial charge is 0.269 e. The summed E-state index contributed by atoms with van der Waals surface area (Å²) in [4.78, 5) is 39.2. The zero-order chi connectivity index (χ0) is 25.9. The van der Waals surface area contributed by atoms with Gasteiger partial charge in [-0.15, -0.1) is 0 Å². The van der Waals surface area contributed by atoms with Crippen LogP contribution in [0.1, 0.15) is 43.3 Å². The minimum Gasteiger partial charge on any atom is -0.497 e. The predicted molar refractivity (Wildman–Crippen MR) is 141 cm³/mol. The number of nitro benzene ring substituents is 1. The third-order valence-corrected chi connectivity index (χ3v) is 6.71. The zero-order valence-corrected chi connectivity index (χ0v) is 20.0. The maximum absolute atomic E-state index is 14.2. The molecule has 0 unspecified atom stereocenters. The summed E-state index contributed by atoms with van der Waals surface area (Å²) < 4.78 is 5.24. The van der Waals surface area contributed by atoms with E-state index >= 15 is 0 Å². The Morgan fingerprint density at radius 2 is 1.51 bits per heavy atom. The van der Waals surface area contributed by atoms with Crippen molar-refractivity contribution >= 4 is 23.3 Å². The highest BCUT2D eigenvalue weighted by Gasteiger charge is 2.41. The first-order chi connectivity index (χ1) is 18.0. The average Bonchev–Trinajstić information content (AvgIpc) is 2.96. The topological polar surface area (TPSA) is 86.5 Å². The van der Waals surface area contributed by atoms with E-state index in [1.807, 2.05) is 30.3 Å². The number of nitro groups is 1. The van der Waals surface area contributed by atoms with Crippen LogP contribution in [0.2, 0.25) is 0 Å². The summed E-state index contributed by atoms with van der Waals surface area (Å²) in [5.41, 5.74) is 3.40. The molecule has 0 amide bonds. The van der Waals surface area contributed by atoms with E-state index in [0.29, 0.717) is 28.0 Å². The molecule has 1 aliphatic carbocycles. The van der Waals surface area contributed by atoms with Gasteiger partial charge in [-0.1, -0.05) is 66.7 Å². The highest BCUT2D eigenvalue weighted by atomic mass is 16.6. The van der Waals surface area contributed by atoms with Crippen LogP contribution in [-0.4, -0.2) is 23.6 Å². The molecule has 0 saturated heterocycles. The van der Waals surface area contributed by atoms with Gasteiger partial charge >= 0.3 is 0 Å². The summed E-state index contributed by atoms with van der Waals surface area (Å²) in [5, 5.41) is 11.6. The molecule has 6 nitrogen and oxygen atoms in total. The van der Waals surface area contributed by atoms with Crippen LogP contribution in [0.4, 0.5) is 5.69 Å². The molecule has 0 fully saturated rings. The molecule has 0 N–H and O–H groups in total. The number of Topliss-reactive ketones (excluding diaryl/α,β-unsaturated/α-hetero) is 2. The van der Waals surface area contributed by atoms with Crippen LogP contribution < -0.4 is 4.74 Å². The van der Waals surface area contributed by atoms with Crippen molar-refractivity contribution in [2.75, 3.05) is 7.11 Å². The van der Waals surface area contributed by atoms with Gasteiger partial charge in [-0.05, 0) is 47.0 Å². The van der Waals surface area contributed by atoms with Crippen molar-refractivity contribution in [3.05, 3.63) is 147 Å². The van der Waals surface area contributed by atoms with Crippen LogP contribution in [0.25, 0.3) is 6.08 Å². The number of ketones is 2. The molecule has 1 aliphatic rings. The maximum Gasteiger partial charge on any atom is 0.269 e. The minimum absolute atomic E-state index is 0.0730. The number of allylic oxidation sites excluding steroid dienone is 1. The quantitative estimate of drug-likeness (QED) is 0.168.